The Kier molecular flexibility index (Phi) is 3.93. The molecule has 0 aliphatic carbocycles. The summed E-state index contributed by atoms with van der Waals surface area (Å²) in [6.45, 7) is 1.93. The van der Waals surface area contributed by atoms with E-state index < -0.39 is 0 Å². The maximum absolute atomic E-state index is 6.29. The molecule has 2 nitrogen and oxygen atoms in total. The van der Waals surface area contributed by atoms with Crippen LogP contribution >= 0.6 is 45.8 Å². The summed E-state index contributed by atoms with van der Waals surface area (Å²) in [5.74, 6) is 0.825. The molecular weight excluding hydrogens is 406 g/mol. The van der Waals surface area contributed by atoms with Gasteiger partial charge in [-0.15, -0.1) is 11.6 Å². The Morgan fingerprint density at radius 3 is 2.70 bits per heavy atom. The lowest BCUT2D eigenvalue weighted by molar-refractivity contribution is 0.882. The van der Waals surface area contributed by atoms with Crippen molar-refractivity contribution in [2.75, 3.05) is 0 Å². The molecule has 1 unspecified atom stereocenters. The highest BCUT2D eigenvalue weighted by Crippen LogP contribution is 2.29. The molecule has 1 atom stereocenters. The third kappa shape index (κ3) is 2.54. The Bertz CT molecular complexity index is 781. The van der Waals surface area contributed by atoms with Gasteiger partial charge in [0, 0.05) is 14.3 Å². The van der Waals surface area contributed by atoms with E-state index in [1.807, 2.05) is 31.2 Å². The van der Waals surface area contributed by atoms with Crippen LogP contribution in [-0.4, -0.2) is 9.55 Å². The Morgan fingerprint density at radius 1 is 1.20 bits per heavy atom. The van der Waals surface area contributed by atoms with Crippen LogP contribution < -0.4 is 0 Å². The quantitative estimate of drug-likeness (QED) is 0.393. The van der Waals surface area contributed by atoms with E-state index in [1.165, 1.54) is 0 Å². The molecule has 0 saturated heterocycles. The number of alkyl halides is 1. The molecular formula is C15H11Cl2IN2. The number of benzene rings is 2. The molecule has 0 N–H and O–H groups in total. The van der Waals surface area contributed by atoms with E-state index in [2.05, 4.69) is 50.3 Å². The molecule has 0 spiro atoms. The lowest BCUT2D eigenvalue weighted by Gasteiger charge is -2.10. The van der Waals surface area contributed by atoms with Crippen molar-refractivity contribution in [3.63, 3.8) is 0 Å². The van der Waals surface area contributed by atoms with Crippen molar-refractivity contribution in [3.8, 4) is 5.69 Å². The van der Waals surface area contributed by atoms with Crippen LogP contribution in [0.25, 0.3) is 16.7 Å². The van der Waals surface area contributed by atoms with Gasteiger partial charge in [-0.25, -0.2) is 4.98 Å². The van der Waals surface area contributed by atoms with Gasteiger partial charge in [0.15, 0.2) is 0 Å². The molecule has 5 heteroatoms. The van der Waals surface area contributed by atoms with Gasteiger partial charge in [0.25, 0.3) is 0 Å². The van der Waals surface area contributed by atoms with Gasteiger partial charge >= 0.3 is 0 Å². The first-order chi connectivity index (χ1) is 9.56. The number of hydrogen-bond donors (Lipinski definition) is 0. The molecule has 20 heavy (non-hydrogen) atoms. The fraction of sp³-hybridized carbons (Fsp3) is 0.133. The summed E-state index contributed by atoms with van der Waals surface area (Å²) in [6.07, 6.45) is 0. The molecule has 102 valence electrons. The second-order valence-electron chi connectivity index (χ2n) is 4.53. The third-order valence-electron chi connectivity index (χ3n) is 3.06. The van der Waals surface area contributed by atoms with E-state index >= 15 is 0 Å². The van der Waals surface area contributed by atoms with Crippen LogP contribution in [-0.2, 0) is 0 Å². The number of fused-ring (bicyclic) bond motifs is 1. The van der Waals surface area contributed by atoms with Crippen LogP contribution in [0.2, 0.25) is 5.02 Å². The van der Waals surface area contributed by atoms with E-state index in [1.54, 1.807) is 0 Å². The predicted molar refractivity (Wildman–Crippen MR) is 93.1 cm³/mol. The van der Waals surface area contributed by atoms with Crippen LogP contribution in [0, 0.1) is 3.57 Å². The maximum Gasteiger partial charge on any atom is 0.132 e. The minimum absolute atomic E-state index is 0.181. The summed E-state index contributed by atoms with van der Waals surface area (Å²) in [6, 6.07) is 13.9. The highest BCUT2D eigenvalue weighted by Gasteiger charge is 2.16. The zero-order chi connectivity index (χ0) is 14.3. The van der Waals surface area contributed by atoms with Gasteiger partial charge in [-0.05, 0) is 65.9 Å². The molecule has 0 aliphatic rings. The second kappa shape index (κ2) is 5.54. The van der Waals surface area contributed by atoms with E-state index in [-0.39, 0.29) is 5.38 Å². The largest absolute Gasteiger partial charge is 0.295 e. The molecule has 0 radical (unpaired) electrons. The summed E-state index contributed by atoms with van der Waals surface area (Å²) >= 11 is 14.7. The highest BCUT2D eigenvalue weighted by molar-refractivity contribution is 14.1. The fourth-order valence-corrected chi connectivity index (χ4v) is 3.03. The second-order valence-corrected chi connectivity index (χ2v) is 6.87. The maximum atomic E-state index is 6.29. The normalized spacial score (nSPS) is 12.8. The molecule has 0 bridgehead atoms. The van der Waals surface area contributed by atoms with Crippen LogP contribution in [0.1, 0.15) is 18.1 Å². The Hall–Kier alpha value is -0.780. The van der Waals surface area contributed by atoms with E-state index in [4.69, 9.17) is 23.2 Å². The fourth-order valence-electron chi connectivity index (χ4n) is 2.23. The van der Waals surface area contributed by atoms with Crippen molar-refractivity contribution in [1.29, 1.82) is 0 Å². The number of imidazole rings is 1. The smallest absolute Gasteiger partial charge is 0.132 e. The summed E-state index contributed by atoms with van der Waals surface area (Å²) in [4.78, 5) is 4.66. The summed E-state index contributed by atoms with van der Waals surface area (Å²) < 4.78 is 3.22. The van der Waals surface area contributed by atoms with Crippen LogP contribution in [0.4, 0.5) is 0 Å². The molecule has 0 fully saturated rings. The van der Waals surface area contributed by atoms with E-state index in [0.717, 1.165) is 26.1 Å². The topological polar surface area (TPSA) is 17.8 Å². The first kappa shape index (κ1) is 14.2. The molecule has 0 aliphatic heterocycles. The van der Waals surface area contributed by atoms with Gasteiger partial charge in [-0.2, -0.15) is 0 Å². The predicted octanol–water partition coefficient (Wildman–Crippen LogP) is 5.58. The summed E-state index contributed by atoms with van der Waals surface area (Å²) in [7, 11) is 0. The van der Waals surface area contributed by atoms with Gasteiger partial charge < -0.3 is 0 Å². The van der Waals surface area contributed by atoms with Gasteiger partial charge in [-0.3, -0.25) is 4.57 Å². The first-order valence-electron chi connectivity index (χ1n) is 6.14. The Morgan fingerprint density at radius 2 is 2.00 bits per heavy atom. The zero-order valence-corrected chi connectivity index (χ0v) is 14.3. The van der Waals surface area contributed by atoms with Gasteiger partial charge in [0.1, 0.15) is 5.82 Å². The first-order valence-corrected chi connectivity index (χ1v) is 8.03. The number of rotatable bonds is 2. The standard InChI is InChI=1S/C15H11Cl2IN2/c1-9(16)15-19-13-8-11(18)5-6-14(13)20(15)12-4-2-3-10(17)7-12/h2-9H,1H3. The Labute approximate surface area is 140 Å². The van der Waals surface area contributed by atoms with Crippen molar-refractivity contribution < 1.29 is 0 Å². The molecule has 2 aromatic carbocycles. The average molecular weight is 417 g/mol. The van der Waals surface area contributed by atoms with Crippen molar-refractivity contribution in [3.05, 3.63) is 56.9 Å². The molecule has 0 amide bonds. The van der Waals surface area contributed by atoms with Crippen molar-refractivity contribution in [2.45, 2.75) is 12.3 Å². The molecule has 1 heterocycles. The zero-order valence-electron chi connectivity index (χ0n) is 10.6. The number of halogens is 3. The SMILES string of the molecule is CC(Cl)c1nc2cc(I)ccc2n1-c1cccc(Cl)c1. The van der Waals surface area contributed by atoms with Crippen molar-refractivity contribution in [1.82, 2.24) is 9.55 Å². The summed E-state index contributed by atoms with van der Waals surface area (Å²) in [5.41, 5.74) is 2.96. The lowest BCUT2D eigenvalue weighted by atomic mass is 10.2. The van der Waals surface area contributed by atoms with E-state index in [9.17, 15) is 0 Å². The molecule has 1 aromatic heterocycles. The van der Waals surface area contributed by atoms with Crippen LogP contribution in [0.5, 0.6) is 0 Å². The monoisotopic (exact) mass is 416 g/mol. The number of aromatic nitrogens is 2. The van der Waals surface area contributed by atoms with Crippen molar-refractivity contribution in [2.24, 2.45) is 0 Å². The van der Waals surface area contributed by atoms with Crippen LogP contribution in [0.3, 0.4) is 0 Å². The molecule has 3 aromatic rings. The minimum atomic E-state index is -0.181. The van der Waals surface area contributed by atoms with E-state index in [0.29, 0.717) is 5.02 Å². The average Bonchev–Trinajstić information content (AvgIpc) is 2.77. The highest BCUT2D eigenvalue weighted by atomic mass is 127. The lowest BCUT2D eigenvalue weighted by Crippen LogP contribution is -2.01. The minimum Gasteiger partial charge on any atom is -0.295 e. The van der Waals surface area contributed by atoms with Gasteiger partial charge in [-0.1, -0.05) is 17.7 Å². The summed E-state index contributed by atoms with van der Waals surface area (Å²) in [5, 5.41) is 0.516. The Balaban J connectivity index is 2.34. The van der Waals surface area contributed by atoms with Gasteiger partial charge in [0.2, 0.25) is 0 Å². The van der Waals surface area contributed by atoms with Crippen molar-refractivity contribution >= 4 is 56.8 Å². The third-order valence-corrected chi connectivity index (χ3v) is 4.17. The van der Waals surface area contributed by atoms with Crippen LogP contribution in [0.15, 0.2) is 42.5 Å². The number of hydrogen-bond acceptors (Lipinski definition) is 1. The molecule has 3 rings (SSSR count). The number of nitrogens with zero attached hydrogens (tertiary/aromatic N) is 2. The molecule has 0 saturated carbocycles. The van der Waals surface area contributed by atoms with Gasteiger partial charge in [0.05, 0.1) is 16.4 Å².